The highest BCUT2D eigenvalue weighted by Gasteiger charge is 2.07. The molecule has 0 heterocycles. The van der Waals surface area contributed by atoms with Crippen LogP contribution >= 0.6 is 23.2 Å². The van der Waals surface area contributed by atoms with Gasteiger partial charge < -0.3 is 4.74 Å². The molecule has 0 fully saturated rings. The molecule has 0 saturated carbocycles. The van der Waals surface area contributed by atoms with Crippen LogP contribution in [0.1, 0.15) is 15.9 Å². The lowest BCUT2D eigenvalue weighted by Gasteiger charge is -2.01. The zero-order valence-electron chi connectivity index (χ0n) is 10.8. The molecule has 4 heteroatoms. The van der Waals surface area contributed by atoms with Crippen molar-refractivity contribution in [3.8, 4) is 5.75 Å². The molecule has 20 heavy (non-hydrogen) atoms. The van der Waals surface area contributed by atoms with Crippen molar-refractivity contribution in [2.24, 2.45) is 0 Å². The normalized spacial score (nSPS) is 10.8. The van der Waals surface area contributed by atoms with Crippen LogP contribution in [0.15, 0.2) is 48.5 Å². The van der Waals surface area contributed by atoms with Gasteiger partial charge in [-0.1, -0.05) is 41.4 Å². The standard InChI is InChI=1S/C16H12Cl2O2/c1-20-13-6-2-11(3-7-13)4-9-16(19)14-8-5-12(17)10-15(14)18/h2-10H,1H3. The Hall–Kier alpha value is -1.77. The Labute approximate surface area is 127 Å². The Morgan fingerprint density at radius 3 is 2.40 bits per heavy atom. The molecule has 2 aromatic rings. The fourth-order valence-electron chi connectivity index (χ4n) is 1.67. The van der Waals surface area contributed by atoms with Gasteiger partial charge in [-0.3, -0.25) is 4.79 Å². The Bertz CT molecular complexity index is 646. The average molecular weight is 307 g/mol. The van der Waals surface area contributed by atoms with Gasteiger partial charge in [-0.05, 0) is 42.0 Å². The molecule has 0 aromatic heterocycles. The van der Waals surface area contributed by atoms with Crippen molar-refractivity contribution in [1.29, 1.82) is 0 Å². The molecule has 2 rings (SSSR count). The summed E-state index contributed by atoms with van der Waals surface area (Å²) in [4.78, 5) is 12.0. The Morgan fingerprint density at radius 2 is 1.80 bits per heavy atom. The van der Waals surface area contributed by atoms with Crippen molar-refractivity contribution < 1.29 is 9.53 Å². The predicted octanol–water partition coefficient (Wildman–Crippen LogP) is 4.90. The third-order valence-corrected chi connectivity index (χ3v) is 3.29. The van der Waals surface area contributed by atoms with Crippen LogP contribution in [0.4, 0.5) is 0 Å². The summed E-state index contributed by atoms with van der Waals surface area (Å²) in [5, 5.41) is 0.854. The number of rotatable bonds is 4. The van der Waals surface area contributed by atoms with Gasteiger partial charge in [0.15, 0.2) is 5.78 Å². The summed E-state index contributed by atoms with van der Waals surface area (Å²) < 4.78 is 5.07. The number of hydrogen-bond donors (Lipinski definition) is 0. The lowest BCUT2D eigenvalue weighted by Crippen LogP contribution is -1.95. The molecule has 0 saturated heterocycles. The summed E-state index contributed by atoms with van der Waals surface area (Å²) in [5.74, 6) is 0.608. The summed E-state index contributed by atoms with van der Waals surface area (Å²) in [5.41, 5.74) is 1.34. The topological polar surface area (TPSA) is 26.3 Å². The third kappa shape index (κ3) is 3.62. The number of carbonyl (C=O) groups excluding carboxylic acids is 1. The van der Waals surface area contributed by atoms with Crippen molar-refractivity contribution in [2.45, 2.75) is 0 Å². The van der Waals surface area contributed by atoms with E-state index in [4.69, 9.17) is 27.9 Å². The van der Waals surface area contributed by atoms with E-state index in [1.807, 2.05) is 24.3 Å². The van der Waals surface area contributed by atoms with Gasteiger partial charge in [0.2, 0.25) is 0 Å². The SMILES string of the molecule is COc1ccc(C=CC(=O)c2ccc(Cl)cc2Cl)cc1. The van der Waals surface area contributed by atoms with Gasteiger partial charge in [-0.15, -0.1) is 0 Å². The first kappa shape index (κ1) is 14.6. The molecule has 0 aliphatic heterocycles. The van der Waals surface area contributed by atoms with Crippen LogP contribution in [0.25, 0.3) is 6.08 Å². The van der Waals surface area contributed by atoms with Crippen molar-refractivity contribution in [2.75, 3.05) is 7.11 Å². The van der Waals surface area contributed by atoms with Crippen molar-refractivity contribution in [3.05, 3.63) is 69.7 Å². The molecule has 0 radical (unpaired) electrons. The minimum Gasteiger partial charge on any atom is -0.497 e. The number of benzene rings is 2. The van der Waals surface area contributed by atoms with E-state index >= 15 is 0 Å². The lowest BCUT2D eigenvalue weighted by molar-refractivity contribution is 0.104. The molecule has 2 aromatic carbocycles. The summed E-state index contributed by atoms with van der Waals surface area (Å²) >= 11 is 11.8. The highest BCUT2D eigenvalue weighted by Crippen LogP contribution is 2.22. The quantitative estimate of drug-likeness (QED) is 0.593. The van der Waals surface area contributed by atoms with Crippen LogP contribution in [0.3, 0.4) is 0 Å². The Balaban J connectivity index is 2.15. The zero-order chi connectivity index (χ0) is 14.5. The minimum absolute atomic E-state index is 0.164. The highest BCUT2D eigenvalue weighted by molar-refractivity contribution is 6.37. The number of hydrogen-bond acceptors (Lipinski definition) is 2. The van der Waals surface area contributed by atoms with E-state index in [1.165, 1.54) is 6.08 Å². The molecule has 2 nitrogen and oxygen atoms in total. The number of allylic oxidation sites excluding steroid dienone is 1. The molecule has 0 aliphatic carbocycles. The first-order valence-corrected chi connectivity index (χ1v) is 6.67. The zero-order valence-corrected chi connectivity index (χ0v) is 12.3. The third-order valence-electron chi connectivity index (χ3n) is 2.74. The van der Waals surface area contributed by atoms with Crippen LogP contribution in [0.2, 0.25) is 10.0 Å². The minimum atomic E-state index is -0.164. The molecule has 0 spiro atoms. The van der Waals surface area contributed by atoms with Crippen LogP contribution in [-0.2, 0) is 0 Å². The smallest absolute Gasteiger partial charge is 0.187 e. The fraction of sp³-hybridized carbons (Fsp3) is 0.0625. The fourth-order valence-corrected chi connectivity index (χ4v) is 2.17. The maximum absolute atomic E-state index is 12.0. The first-order valence-electron chi connectivity index (χ1n) is 5.91. The molecule has 102 valence electrons. The van der Waals surface area contributed by atoms with Gasteiger partial charge >= 0.3 is 0 Å². The number of carbonyl (C=O) groups is 1. The summed E-state index contributed by atoms with van der Waals surface area (Å²) in [7, 11) is 1.61. The average Bonchev–Trinajstić information content (AvgIpc) is 2.45. The van der Waals surface area contributed by atoms with Crippen LogP contribution in [-0.4, -0.2) is 12.9 Å². The first-order chi connectivity index (χ1) is 9.60. The summed E-state index contributed by atoms with van der Waals surface area (Å²) in [6.45, 7) is 0. The highest BCUT2D eigenvalue weighted by atomic mass is 35.5. The van der Waals surface area contributed by atoms with E-state index in [0.717, 1.165) is 11.3 Å². The second-order valence-corrected chi connectivity index (χ2v) is 4.94. The number of ether oxygens (including phenoxy) is 1. The van der Waals surface area contributed by atoms with Gasteiger partial charge in [0.1, 0.15) is 5.75 Å². The molecule has 0 N–H and O–H groups in total. The van der Waals surface area contributed by atoms with Crippen molar-refractivity contribution in [3.63, 3.8) is 0 Å². The molecule has 0 atom stereocenters. The van der Waals surface area contributed by atoms with Crippen molar-refractivity contribution in [1.82, 2.24) is 0 Å². The van der Waals surface area contributed by atoms with E-state index in [1.54, 1.807) is 31.4 Å². The maximum Gasteiger partial charge on any atom is 0.187 e. The monoisotopic (exact) mass is 306 g/mol. The maximum atomic E-state index is 12.0. The van der Waals surface area contributed by atoms with E-state index in [0.29, 0.717) is 15.6 Å². The molecule has 0 aliphatic rings. The molecule has 0 amide bonds. The predicted molar refractivity (Wildman–Crippen MR) is 82.8 cm³/mol. The second-order valence-electron chi connectivity index (χ2n) is 4.09. The van der Waals surface area contributed by atoms with Crippen LogP contribution in [0, 0.1) is 0 Å². The molecule has 0 bridgehead atoms. The van der Waals surface area contributed by atoms with Crippen molar-refractivity contribution >= 4 is 35.1 Å². The molecular formula is C16H12Cl2O2. The summed E-state index contributed by atoms with van der Waals surface area (Å²) in [6, 6.07) is 12.2. The van der Waals surface area contributed by atoms with E-state index in [-0.39, 0.29) is 5.78 Å². The Morgan fingerprint density at radius 1 is 1.10 bits per heavy atom. The number of methoxy groups -OCH3 is 1. The van der Waals surface area contributed by atoms with E-state index in [9.17, 15) is 4.79 Å². The van der Waals surface area contributed by atoms with Gasteiger partial charge in [-0.25, -0.2) is 0 Å². The molecule has 0 unspecified atom stereocenters. The van der Waals surface area contributed by atoms with Crippen LogP contribution < -0.4 is 4.74 Å². The van der Waals surface area contributed by atoms with Gasteiger partial charge in [0, 0.05) is 10.6 Å². The van der Waals surface area contributed by atoms with Gasteiger partial charge in [0.05, 0.1) is 12.1 Å². The second kappa shape index (κ2) is 6.60. The Kier molecular flexibility index (Phi) is 4.83. The number of ketones is 1. The number of halogens is 2. The van der Waals surface area contributed by atoms with Gasteiger partial charge in [0.25, 0.3) is 0 Å². The lowest BCUT2D eigenvalue weighted by atomic mass is 10.1. The summed E-state index contributed by atoms with van der Waals surface area (Å²) in [6.07, 6.45) is 3.21. The molecular weight excluding hydrogens is 295 g/mol. The van der Waals surface area contributed by atoms with E-state index in [2.05, 4.69) is 0 Å². The largest absolute Gasteiger partial charge is 0.497 e. The van der Waals surface area contributed by atoms with Gasteiger partial charge in [-0.2, -0.15) is 0 Å². The van der Waals surface area contributed by atoms with E-state index < -0.39 is 0 Å². The van der Waals surface area contributed by atoms with Crippen LogP contribution in [0.5, 0.6) is 5.75 Å².